The van der Waals surface area contributed by atoms with Crippen LogP contribution in [0.4, 0.5) is 22.7 Å². The van der Waals surface area contributed by atoms with Crippen LogP contribution in [0, 0.1) is 6.92 Å². The monoisotopic (exact) mass is 932 g/mol. The van der Waals surface area contributed by atoms with Crippen LogP contribution >= 0.6 is 0 Å². The smallest absolute Gasteiger partial charge is 0.130 e. The molecule has 4 nitrogen and oxygen atoms in total. The number of para-hydroxylation sites is 4. The van der Waals surface area contributed by atoms with Crippen LogP contribution in [-0.2, 0) is 0 Å². The summed E-state index contributed by atoms with van der Waals surface area (Å²) in [5.41, 5.74) is 21.0. The molecule has 5 aliphatic rings. The average Bonchev–Trinajstić information content (AvgIpc) is 3.56. The predicted octanol–water partition coefficient (Wildman–Crippen LogP) is 17.3. The van der Waals surface area contributed by atoms with Gasteiger partial charge in [-0.25, -0.2) is 0 Å². The summed E-state index contributed by atoms with van der Waals surface area (Å²) in [6, 6.07) is 53.2. The van der Waals surface area contributed by atoms with E-state index in [4.69, 9.17) is 0 Å². The Hall–Kier alpha value is -8.60. The predicted molar refractivity (Wildman–Crippen MR) is 306 cm³/mol. The Morgan fingerprint density at radius 2 is 1.47 bits per heavy atom. The fourth-order valence-corrected chi connectivity index (χ4v) is 10.7. The fourth-order valence-electron chi connectivity index (χ4n) is 10.7. The number of hydrogen-bond acceptors (Lipinski definition) is 4. The second-order valence-corrected chi connectivity index (χ2v) is 19.0. The van der Waals surface area contributed by atoms with Crippen LogP contribution in [0.25, 0.3) is 23.4 Å². The lowest BCUT2D eigenvalue weighted by atomic mass is 9.83. The van der Waals surface area contributed by atoms with Gasteiger partial charge in [-0.3, -0.25) is 0 Å². The Kier molecular flexibility index (Phi) is 13.2. The van der Waals surface area contributed by atoms with Crippen LogP contribution in [0.15, 0.2) is 266 Å². The van der Waals surface area contributed by atoms with Gasteiger partial charge < -0.3 is 20.4 Å². The Morgan fingerprint density at radius 1 is 0.681 bits per heavy atom. The molecule has 0 fully saturated rings. The van der Waals surface area contributed by atoms with Gasteiger partial charge >= 0.3 is 0 Å². The third kappa shape index (κ3) is 9.40. The second kappa shape index (κ2) is 20.8. The molecular weight excluding hydrogens is 873 g/mol. The van der Waals surface area contributed by atoms with Crippen LogP contribution in [0.1, 0.15) is 88.9 Å². The minimum Gasteiger partial charge on any atom is -0.373 e. The van der Waals surface area contributed by atoms with Crippen molar-refractivity contribution in [3.05, 3.63) is 310 Å². The first-order chi connectivity index (χ1) is 35.5. The zero-order valence-electron chi connectivity index (χ0n) is 41.1. The van der Waals surface area contributed by atoms with Crippen molar-refractivity contribution in [2.75, 3.05) is 15.1 Å². The lowest BCUT2D eigenvalue weighted by Crippen LogP contribution is -2.28. The summed E-state index contributed by atoms with van der Waals surface area (Å²) in [6.45, 7) is 9.01. The highest BCUT2D eigenvalue weighted by molar-refractivity contribution is 5.89. The number of rotatable bonds is 12. The Balaban J connectivity index is 1.08. The molecule has 0 radical (unpaired) electrons. The number of aryl methyl sites for hydroxylation is 1. The van der Waals surface area contributed by atoms with E-state index in [-0.39, 0.29) is 18.2 Å². The molecule has 72 heavy (non-hydrogen) atoms. The summed E-state index contributed by atoms with van der Waals surface area (Å²) in [4.78, 5) is 4.92. The first kappa shape index (κ1) is 45.8. The molecule has 0 amide bonds. The zero-order chi connectivity index (χ0) is 48.8. The molecule has 0 saturated carbocycles. The lowest BCUT2D eigenvalue weighted by molar-refractivity contribution is 0.743. The van der Waals surface area contributed by atoms with E-state index in [1.165, 1.54) is 61.5 Å². The highest BCUT2D eigenvalue weighted by Gasteiger charge is 2.33. The van der Waals surface area contributed by atoms with Gasteiger partial charge in [0, 0.05) is 22.6 Å². The molecule has 2 aliphatic heterocycles. The minimum absolute atomic E-state index is 0.00819. The molecule has 2 heterocycles. The number of hydrogen-bond donors (Lipinski definition) is 2. The molecule has 3 aliphatic carbocycles. The summed E-state index contributed by atoms with van der Waals surface area (Å²) >= 11 is 0. The molecule has 11 rings (SSSR count). The maximum Gasteiger partial charge on any atom is 0.130 e. The van der Waals surface area contributed by atoms with E-state index < -0.39 is 0 Å². The average molecular weight is 933 g/mol. The van der Waals surface area contributed by atoms with Crippen molar-refractivity contribution >= 4 is 46.2 Å². The molecule has 352 valence electrons. The number of dihydropyridines is 1. The molecule has 3 atom stereocenters. The van der Waals surface area contributed by atoms with Crippen molar-refractivity contribution < 1.29 is 0 Å². The van der Waals surface area contributed by atoms with Gasteiger partial charge in [-0.1, -0.05) is 195 Å². The van der Waals surface area contributed by atoms with Crippen molar-refractivity contribution in [1.29, 1.82) is 0 Å². The van der Waals surface area contributed by atoms with Gasteiger partial charge in [-0.15, -0.1) is 0 Å². The Labute approximate surface area is 426 Å². The first-order valence-electron chi connectivity index (χ1n) is 25.4. The maximum atomic E-state index is 4.47. The molecule has 4 heteroatoms. The van der Waals surface area contributed by atoms with E-state index in [9.17, 15) is 0 Å². The fraction of sp³-hybridized carbons (Fsp3) is 0.118. The van der Waals surface area contributed by atoms with Crippen LogP contribution < -0.4 is 20.4 Å². The summed E-state index contributed by atoms with van der Waals surface area (Å²) in [7, 11) is 0. The highest BCUT2D eigenvalue weighted by Crippen LogP contribution is 2.48. The molecule has 0 spiro atoms. The van der Waals surface area contributed by atoms with Crippen molar-refractivity contribution in [3.63, 3.8) is 0 Å². The van der Waals surface area contributed by atoms with Crippen molar-refractivity contribution in [2.45, 2.75) is 51.4 Å². The first-order valence-corrected chi connectivity index (χ1v) is 25.4. The third-order valence-electron chi connectivity index (χ3n) is 14.4. The molecule has 6 aromatic rings. The summed E-state index contributed by atoms with van der Waals surface area (Å²) < 4.78 is 0. The van der Waals surface area contributed by atoms with Gasteiger partial charge in [-0.2, -0.15) is 0 Å². The SMILES string of the molecule is C=C/C(=C\C=C1\C=CC=CC1)C1=C(c2cccc([C@@H](C)N(C3=CCC=CC=C3)c3ccccc3C)c2)NC(c2cccc([C@@H]3Nc4ccccc4N3c3ccccc3)c2)C(c2ccc3c(c2)C=CCC=C3)=C1. The number of fused-ring (bicyclic) bond motifs is 2. The van der Waals surface area contributed by atoms with Gasteiger partial charge in [0.1, 0.15) is 6.17 Å². The molecule has 0 bridgehead atoms. The molecular formula is C68H60N4. The van der Waals surface area contributed by atoms with E-state index in [2.05, 4.69) is 284 Å². The van der Waals surface area contributed by atoms with Gasteiger partial charge in [0.15, 0.2) is 0 Å². The molecule has 1 unspecified atom stereocenters. The largest absolute Gasteiger partial charge is 0.373 e. The van der Waals surface area contributed by atoms with Crippen LogP contribution in [0.2, 0.25) is 0 Å². The van der Waals surface area contributed by atoms with Crippen LogP contribution in [-0.4, -0.2) is 0 Å². The summed E-state index contributed by atoms with van der Waals surface area (Å²) in [6.07, 6.45) is 40.2. The Morgan fingerprint density at radius 3 is 2.33 bits per heavy atom. The van der Waals surface area contributed by atoms with E-state index in [0.29, 0.717) is 0 Å². The lowest BCUT2D eigenvalue weighted by Gasteiger charge is -2.35. The summed E-state index contributed by atoms with van der Waals surface area (Å²) in [5.74, 6) is 0. The molecule has 2 N–H and O–H groups in total. The number of benzene rings is 6. The topological polar surface area (TPSA) is 30.5 Å². The van der Waals surface area contributed by atoms with Gasteiger partial charge in [-0.05, 0) is 155 Å². The van der Waals surface area contributed by atoms with Crippen LogP contribution in [0.3, 0.4) is 0 Å². The van der Waals surface area contributed by atoms with E-state index >= 15 is 0 Å². The highest BCUT2D eigenvalue weighted by atomic mass is 15.3. The standard InChI is InChI=1S/C68H60N4/c1-4-51(41-40-50-25-10-7-11-26-50)61-47-62(55-43-42-52-27-12-8-13-28-54(52)45-55)67(57-31-23-32-58(46-57)68-69-63-37-19-21-39-65(63)72(68)60-35-16-9-17-36-60)70-66(61)56-30-22-29-53(44-56)49(3)71(59-33-14-5-6-15-34-59)64-38-20-18-24-48(64)2/h4-7,9-14,16-25,27-47,49,67-70H,1,8,15,26H2,2-3H3/b50-40-,51-41+/t49-,67?,68-/m1/s1. The quantitative estimate of drug-likeness (QED) is 0.120. The van der Waals surface area contributed by atoms with Crippen molar-refractivity contribution in [3.8, 4) is 0 Å². The van der Waals surface area contributed by atoms with Gasteiger partial charge in [0.2, 0.25) is 0 Å². The second-order valence-electron chi connectivity index (χ2n) is 19.0. The van der Waals surface area contributed by atoms with Gasteiger partial charge in [0.05, 0.1) is 29.2 Å². The number of anilines is 4. The molecule has 0 saturated heterocycles. The normalized spacial score (nSPS) is 18.9. The van der Waals surface area contributed by atoms with Crippen molar-refractivity contribution in [2.24, 2.45) is 0 Å². The van der Waals surface area contributed by atoms with E-state index in [0.717, 1.165) is 58.7 Å². The number of allylic oxidation sites excluding steroid dienone is 18. The summed E-state index contributed by atoms with van der Waals surface area (Å²) in [5, 5.41) is 8.19. The van der Waals surface area contributed by atoms with Crippen LogP contribution in [0.5, 0.6) is 0 Å². The minimum atomic E-state index is -0.213. The number of nitrogens with one attached hydrogen (secondary N) is 2. The third-order valence-corrected chi connectivity index (χ3v) is 14.4. The molecule has 0 aromatic heterocycles. The molecule has 6 aromatic carbocycles. The Bertz CT molecular complexity index is 3400. The van der Waals surface area contributed by atoms with E-state index in [1.807, 2.05) is 6.08 Å². The van der Waals surface area contributed by atoms with Crippen molar-refractivity contribution in [1.82, 2.24) is 5.32 Å². The maximum absolute atomic E-state index is 4.47. The van der Waals surface area contributed by atoms with E-state index in [1.54, 1.807) is 0 Å². The zero-order valence-corrected chi connectivity index (χ0v) is 41.1. The van der Waals surface area contributed by atoms with Gasteiger partial charge in [0.25, 0.3) is 0 Å². The number of nitrogens with zero attached hydrogens (tertiary/aromatic N) is 2.